The van der Waals surface area contributed by atoms with E-state index in [4.69, 9.17) is 0 Å². The first-order valence-electron chi connectivity index (χ1n) is 11.9. The van der Waals surface area contributed by atoms with Gasteiger partial charge >= 0.3 is 0 Å². The van der Waals surface area contributed by atoms with Crippen LogP contribution in [0.2, 0.25) is 0 Å². The highest BCUT2D eigenvalue weighted by atomic mass is 32.2. The van der Waals surface area contributed by atoms with Crippen molar-refractivity contribution in [2.24, 2.45) is 0 Å². The Morgan fingerprint density at radius 2 is 1.65 bits per heavy atom. The molecule has 180 valence electrons. The van der Waals surface area contributed by atoms with Crippen molar-refractivity contribution in [3.63, 3.8) is 0 Å². The number of aryl methyl sites for hydroxylation is 2. The summed E-state index contributed by atoms with van der Waals surface area (Å²) >= 11 is 0. The molecule has 0 aliphatic carbocycles. The number of benzene rings is 2. The van der Waals surface area contributed by atoms with Gasteiger partial charge in [-0.15, -0.1) is 0 Å². The Hall–Kier alpha value is -2.97. The molecular weight excluding hydrogens is 448 g/mol. The number of para-hydroxylation sites is 1. The average Bonchev–Trinajstić information content (AvgIpc) is 3.04. The van der Waals surface area contributed by atoms with Crippen LogP contribution in [0.1, 0.15) is 53.7 Å². The van der Waals surface area contributed by atoms with E-state index in [1.165, 1.54) is 12.1 Å². The Bertz CT molecular complexity index is 1200. The highest BCUT2D eigenvalue weighted by Crippen LogP contribution is 2.21. The molecule has 34 heavy (non-hydrogen) atoms. The van der Waals surface area contributed by atoms with E-state index in [0.29, 0.717) is 25.2 Å². The molecule has 2 heterocycles. The summed E-state index contributed by atoms with van der Waals surface area (Å²) in [6, 6.07) is 16.2. The first-order chi connectivity index (χ1) is 16.4. The molecule has 0 unspecified atom stereocenters. The molecule has 3 aromatic rings. The molecule has 2 aromatic carbocycles. The first kappa shape index (κ1) is 24.2. The Balaban J connectivity index is 1.29. The first-order valence-corrected chi connectivity index (χ1v) is 13.4. The molecule has 0 bridgehead atoms. The molecule has 1 aromatic heterocycles. The normalized spacial score (nSPS) is 15.1. The third-order valence-corrected chi connectivity index (χ3v) is 8.16. The molecule has 0 spiro atoms. The second kappa shape index (κ2) is 11.0. The summed E-state index contributed by atoms with van der Waals surface area (Å²) < 4.78 is 29.3. The number of amides is 1. The van der Waals surface area contributed by atoms with Crippen molar-refractivity contribution in [2.75, 3.05) is 19.6 Å². The maximum atomic E-state index is 12.9. The van der Waals surface area contributed by atoms with Gasteiger partial charge in [0.2, 0.25) is 10.0 Å². The number of nitrogens with zero attached hydrogens (tertiary/aromatic N) is 3. The predicted octanol–water partition coefficient (Wildman–Crippen LogP) is 4.11. The molecule has 0 atom stereocenters. The van der Waals surface area contributed by atoms with Crippen LogP contribution in [0.15, 0.2) is 65.7 Å². The molecule has 0 saturated carbocycles. The lowest BCUT2D eigenvalue weighted by Crippen LogP contribution is -2.32. The van der Waals surface area contributed by atoms with Gasteiger partial charge in [0.1, 0.15) is 0 Å². The second-order valence-corrected chi connectivity index (χ2v) is 10.7. The van der Waals surface area contributed by atoms with Crippen LogP contribution < -0.4 is 5.32 Å². The maximum absolute atomic E-state index is 12.9. The third kappa shape index (κ3) is 5.74. The van der Waals surface area contributed by atoms with Crippen LogP contribution in [0.3, 0.4) is 0 Å². The number of hydrogen-bond donors (Lipinski definition) is 1. The molecule has 4 rings (SSSR count). The Labute approximate surface area is 201 Å². The van der Waals surface area contributed by atoms with Crippen molar-refractivity contribution in [1.29, 1.82) is 0 Å². The van der Waals surface area contributed by atoms with E-state index in [2.05, 4.69) is 10.4 Å². The molecule has 1 N–H and O–H groups in total. The van der Waals surface area contributed by atoms with Gasteiger partial charge in [-0.2, -0.15) is 9.40 Å². The lowest BCUT2D eigenvalue weighted by atomic mass is 10.1. The van der Waals surface area contributed by atoms with Crippen molar-refractivity contribution in [3.05, 3.63) is 77.6 Å². The van der Waals surface area contributed by atoms with E-state index in [0.717, 1.165) is 55.5 Å². The standard InChI is InChI=1S/C26H32N4O3S/c1-21-23(20-30(28-21)24-11-5-4-6-12-24)10-9-17-27-26(31)22-13-15-25(16-14-22)34(32,33)29-18-7-2-3-8-19-29/h4-6,11-16,20H,2-3,7-10,17-19H2,1H3,(H,27,31). The summed E-state index contributed by atoms with van der Waals surface area (Å²) in [5.74, 6) is -0.199. The summed E-state index contributed by atoms with van der Waals surface area (Å²) in [5.41, 5.74) is 3.62. The van der Waals surface area contributed by atoms with Gasteiger partial charge < -0.3 is 5.32 Å². The number of nitrogens with one attached hydrogen (secondary N) is 1. The lowest BCUT2D eigenvalue weighted by Gasteiger charge is -2.20. The zero-order valence-corrected chi connectivity index (χ0v) is 20.4. The number of aromatic nitrogens is 2. The van der Waals surface area contributed by atoms with E-state index < -0.39 is 10.0 Å². The number of rotatable bonds is 8. The van der Waals surface area contributed by atoms with Gasteiger partial charge in [0.25, 0.3) is 5.91 Å². The fraction of sp³-hybridized carbons (Fsp3) is 0.385. The Morgan fingerprint density at radius 1 is 0.971 bits per heavy atom. The molecule has 1 aliphatic heterocycles. The fourth-order valence-electron chi connectivity index (χ4n) is 4.25. The van der Waals surface area contributed by atoms with Crippen molar-refractivity contribution in [1.82, 2.24) is 19.4 Å². The topological polar surface area (TPSA) is 84.3 Å². The zero-order valence-electron chi connectivity index (χ0n) is 19.6. The van der Waals surface area contributed by atoms with Crippen molar-refractivity contribution >= 4 is 15.9 Å². The van der Waals surface area contributed by atoms with Crippen LogP contribution >= 0.6 is 0 Å². The number of carbonyl (C=O) groups excluding carboxylic acids is 1. The summed E-state index contributed by atoms with van der Waals surface area (Å²) in [4.78, 5) is 12.8. The molecule has 1 saturated heterocycles. The molecule has 0 radical (unpaired) electrons. The van der Waals surface area contributed by atoms with Crippen molar-refractivity contribution < 1.29 is 13.2 Å². The van der Waals surface area contributed by atoms with Crippen molar-refractivity contribution in [3.8, 4) is 5.69 Å². The zero-order chi connectivity index (χ0) is 24.0. The summed E-state index contributed by atoms with van der Waals surface area (Å²) in [7, 11) is -3.51. The smallest absolute Gasteiger partial charge is 0.251 e. The molecular formula is C26H32N4O3S. The Morgan fingerprint density at radius 3 is 2.32 bits per heavy atom. The average molecular weight is 481 g/mol. The summed E-state index contributed by atoms with van der Waals surface area (Å²) in [5, 5.41) is 7.52. The SMILES string of the molecule is Cc1nn(-c2ccccc2)cc1CCCNC(=O)c1ccc(S(=O)(=O)N2CCCCCC2)cc1. The highest BCUT2D eigenvalue weighted by molar-refractivity contribution is 7.89. The number of carbonyl (C=O) groups is 1. The summed E-state index contributed by atoms with van der Waals surface area (Å²) in [6.45, 7) is 3.65. The van der Waals surface area contributed by atoms with E-state index in [-0.39, 0.29) is 10.8 Å². The van der Waals surface area contributed by atoms with Gasteiger partial charge in [-0.25, -0.2) is 13.1 Å². The fourth-order valence-corrected chi connectivity index (χ4v) is 5.76. The van der Waals surface area contributed by atoms with Gasteiger partial charge in [0, 0.05) is 31.4 Å². The quantitative estimate of drug-likeness (QED) is 0.492. The van der Waals surface area contributed by atoms with Crippen molar-refractivity contribution in [2.45, 2.75) is 50.3 Å². The second-order valence-electron chi connectivity index (χ2n) is 8.72. The van der Waals surface area contributed by atoms with Gasteiger partial charge in [0.15, 0.2) is 0 Å². The van der Waals surface area contributed by atoms with Crippen LogP contribution in [0, 0.1) is 6.92 Å². The highest BCUT2D eigenvalue weighted by Gasteiger charge is 2.25. The number of hydrogen-bond acceptors (Lipinski definition) is 4. The minimum absolute atomic E-state index is 0.199. The minimum Gasteiger partial charge on any atom is -0.352 e. The molecule has 1 aliphatic rings. The van der Waals surface area contributed by atoms with Gasteiger partial charge in [-0.3, -0.25) is 4.79 Å². The molecule has 1 amide bonds. The van der Waals surface area contributed by atoms with E-state index in [1.54, 1.807) is 16.4 Å². The molecule has 7 nitrogen and oxygen atoms in total. The predicted molar refractivity (Wildman–Crippen MR) is 133 cm³/mol. The summed E-state index contributed by atoms with van der Waals surface area (Å²) in [6.07, 6.45) is 7.56. The molecule has 8 heteroatoms. The largest absolute Gasteiger partial charge is 0.352 e. The number of sulfonamides is 1. The van der Waals surface area contributed by atoms with Gasteiger partial charge in [-0.05, 0) is 74.6 Å². The van der Waals surface area contributed by atoms with E-state index >= 15 is 0 Å². The molecule has 1 fully saturated rings. The van der Waals surface area contributed by atoms with Crippen LogP contribution in [0.5, 0.6) is 0 Å². The van der Waals surface area contributed by atoms with E-state index in [1.807, 2.05) is 48.1 Å². The maximum Gasteiger partial charge on any atom is 0.251 e. The van der Waals surface area contributed by atoms with Gasteiger partial charge in [-0.1, -0.05) is 31.0 Å². The van der Waals surface area contributed by atoms with Crippen LogP contribution in [0.4, 0.5) is 0 Å². The lowest BCUT2D eigenvalue weighted by molar-refractivity contribution is 0.0953. The third-order valence-electron chi connectivity index (χ3n) is 6.25. The van der Waals surface area contributed by atoms with E-state index in [9.17, 15) is 13.2 Å². The van der Waals surface area contributed by atoms with Crippen LogP contribution in [-0.4, -0.2) is 48.0 Å². The van der Waals surface area contributed by atoms with Gasteiger partial charge in [0.05, 0.1) is 16.3 Å². The minimum atomic E-state index is -3.51. The van der Waals surface area contributed by atoms with Crippen LogP contribution in [0.25, 0.3) is 5.69 Å². The Kier molecular flexibility index (Phi) is 7.80. The van der Waals surface area contributed by atoms with Crippen LogP contribution in [-0.2, 0) is 16.4 Å². The monoisotopic (exact) mass is 480 g/mol.